The van der Waals surface area contributed by atoms with Crippen molar-refractivity contribution in [1.29, 1.82) is 5.41 Å². The summed E-state index contributed by atoms with van der Waals surface area (Å²) in [6, 6.07) is -0.662. The SMILES string of the molecule is COCCNS(=O)(=O)N(C)C(C)C(=N)N. The van der Waals surface area contributed by atoms with E-state index in [9.17, 15) is 8.42 Å². The van der Waals surface area contributed by atoms with E-state index < -0.39 is 16.3 Å². The molecule has 0 fully saturated rings. The highest BCUT2D eigenvalue weighted by Crippen LogP contribution is 2.00. The number of likely N-dealkylation sites (N-methyl/N-ethyl adjacent to an activating group) is 1. The van der Waals surface area contributed by atoms with E-state index in [1.807, 2.05) is 0 Å². The molecule has 7 nitrogen and oxygen atoms in total. The van der Waals surface area contributed by atoms with Crippen LogP contribution in [0.3, 0.4) is 0 Å². The number of rotatable bonds is 7. The average Bonchev–Trinajstić information content (AvgIpc) is 2.15. The van der Waals surface area contributed by atoms with Crippen molar-refractivity contribution in [1.82, 2.24) is 9.03 Å². The maximum atomic E-state index is 11.6. The molecular weight excluding hydrogens is 220 g/mol. The molecule has 90 valence electrons. The van der Waals surface area contributed by atoms with Crippen molar-refractivity contribution < 1.29 is 13.2 Å². The summed E-state index contributed by atoms with van der Waals surface area (Å²) in [5.74, 6) is -0.199. The highest BCUT2D eigenvalue weighted by molar-refractivity contribution is 7.87. The fourth-order valence-corrected chi connectivity index (χ4v) is 1.85. The van der Waals surface area contributed by atoms with Gasteiger partial charge in [0.25, 0.3) is 10.2 Å². The minimum absolute atomic E-state index is 0.188. The van der Waals surface area contributed by atoms with Crippen LogP contribution in [0.4, 0.5) is 0 Å². The number of hydrogen-bond donors (Lipinski definition) is 3. The van der Waals surface area contributed by atoms with Crippen molar-refractivity contribution in [2.45, 2.75) is 13.0 Å². The third kappa shape index (κ3) is 4.56. The molecular formula is C7H18N4O3S. The van der Waals surface area contributed by atoms with Gasteiger partial charge in [-0.05, 0) is 6.92 Å². The minimum atomic E-state index is -3.59. The van der Waals surface area contributed by atoms with Gasteiger partial charge in [0.15, 0.2) is 0 Å². The zero-order valence-corrected chi connectivity index (χ0v) is 9.97. The van der Waals surface area contributed by atoms with Crippen LogP contribution in [0.5, 0.6) is 0 Å². The first-order valence-electron chi connectivity index (χ1n) is 4.38. The molecule has 0 spiro atoms. The average molecular weight is 238 g/mol. The summed E-state index contributed by atoms with van der Waals surface area (Å²) in [7, 11) is -0.750. The number of methoxy groups -OCH3 is 1. The van der Waals surface area contributed by atoms with E-state index in [1.54, 1.807) is 0 Å². The molecule has 0 aromatic heterocycles. The molecule has 0 rings (SSSR count). The second-order valence-electron chi connectivity index (χ2n) is 3.04. The quantitative estimate of drug-likeness (QED) is 0.292. The lowest BCUT2D eigenvalue weighted by atomic mass is 10.3. The van der Waals surface area contributed by atoms with Crippen molar-refractivity contribution in [3.63, 3.8) is 0 Å². The topological polar surface area (TPSA) is 109 Å². The Labute approximate surface area is 90.3 Å². The molecule has 15 heavy (non-hydrogen) atoms. The van der Waals surface area contributed by atoms with Crippen molar-refractivity contribution in [3.8, 4) is 0 Å². The first kappa shape index (κ1) is 14.3. The zero-order valence-electron chi connectivity index (χ0n) is 9.15. The molecule has 1 atom stereocenters. The lowest BCUT2D eigenvalue weighted by Gasteiger charge is -2.23. The van der Waals surface area contributed by atoms with Gasteiger partial charge in [-0.1, -0.05) is 0 Å². The highest BCUT2D eigenvalue weighted by atomic mass is 32.2. The molecule has 0 saturated heterocycles. The van der Waals surface area contributed by atoms with Crippen LogP contribution in [0, 0.1) is 5.41 Å². The Bertz CT molecular complexity index is 303. The van der Waals surface area contributed by atoms with Gasteiger partial charge in [0, 0.05) is 20.7 Å². The molecule has 8 heteroatoms. The number of nitrogens with zero attached hydrogens (tertiary/aromatic N) is 1. The second kappa shape index (κ2) is 6.01. The van der Waals surface area contributed by atoms with E-state index in [0.717, 1.165) is 4.31 Å². The molecule has 0 radical (unpaired) electrons. The van der Waals surface area contributed by atoms with Gasteiger partial charge in [0.1, 0.15) is 5.84 Å². The van der Waals surface area contributed by atoms with Crippen molar-refractivity contribution in [2.75, 3.05) is 27.3 Å². The van der Waals surface area contributed by atoms with Gasteiger partial charge in [-0.3, -0.25) is 5.41 Å². The van der Waals surface area contributed by atoms with Gasteiger partial charge in [0.2, 0.25) is 0 Å². The van der Waals surface area contributed by atoms with E-state index in [2.05, 4.69) is 4.72 Å². The standard InChI is InChI=1S/C7H18N4O3S/c1-6(7(8)9)11(2)15(12,13)10-4-5-14-3/h6,10H,4-5H2,1-3H3,(H3,8,9). The Hall–Kier alpha value is -0.700. The largest absolute Gasteiger partial charge is 0.386 e. The van der Waals surface area contributed by atoms with E-state index in [1.165, 1.54) is 21.1 Å². The van der Waals surface area contributed by atoms with Crippen molar-refractivity contribution in [3.05, 3.63) is 0 Å². The maximum absolute atomic E-state index is 11.6. The first-order chi connectivity index (χ1) is 6.83. The van der Waals surface area contributed by atoms with Gasteiger partial charge in [-0.25, -0.2) is 0 Å². The van der Waals surface area contributed by atoms with Crippen molar-refractivity contribution >= 4 is 16.0 Å². The summed E-state index contributed by atoms with van der Waals surface area (Å²) in [6.07, 6.45) is 0. The van der Waals surface area contributed by atoms with Crippen LogP contribution in [0.1, 0.15) is 6.92 Å². The maximum Gasteiger partial charge on any atom is 0.279 e. The number of nitrogens with two attached hydrogens (primary N) is 1. The summed E-state index contributed by atoms with van der Waals surface area (Å²) in [6.45, 7) is 2.02. The van der Waals surface area contributed by atoms with E-state index in [0.29, 0.717) is 6.61 Å². The van der Waals surface area contributed by atoms with Crippen LogP contribution in [0.25, 0.3) is 0 Å². The van der Waals surface area contributed by atoms with Crippen LogP contribution >= 0.6 is 0 Å². The number of nitrogens with one attached hydrogen (secondary N) is 2. The Morgan fingerprint density at radius 2 is 2.20 bits per heavy atom. The van der Waals surface area contributed by atoms with Gasteiger partial charge in [-0.15, -0.1) is 0 Å². The Morgan fingerprint density at radius 3 is 2.60 bits per heavy atom. The molecule has 0 aromatic rings. The molecule has 0 amide bonds. The molecule has 0 aromatic carbocycles. The van der Waals surface area contributed by atoms with Crippen LogP contribution in [-0.2, 0) is 14.9 Å². The fraction of sp³-hybridized carbons (Fsp3) is 0.857. The molecule has 0 bridgehead atoms. The summed E-state index contributed by atoms with van der Waals surface area (Å²) in [5, 5.41) is 7.14. The number of ether oxygens (including phenoxy) is 1. The Morgan fingerprint density at radius 1 is 1.67 bits per heavy atom. The van der Waals surface area contributed by atoms with Gasteiger partial charge in [-0.2, -0.15) is 17.4 Å². The highest BCUT2D eigenvalue weighted by Gasteiger charge is 2.24. The van der Waals surface area contributed by atoms with E-state index in [4.69, 9.17) is 15.9 Å². The Balaban J connectivity index is 4.39. The molecule has 4 N–H and O–H groups in total. The number of hydrogen-bond acceptors (Lipinski definition) is 4. The van der Waals surface area contributed by atoms with E-state index in [-0.39, 0.29) is 12.4 Å². The van der Waals surface area contributed by atoms with Gasteiger partial charge in [0.05, 0.1) is 12.6 Å². The predicted molar refractivity (Wildman–Crippen MR) is 57.9 cm³/mol. The molecule has 1 unspecified atom stereocenters. The molecule has 0 heterocycles. The molecule has 0 aliphatic carbocycles. The monoisotopic (exact) mass is 238 g/mol. The van der Waals surface area contributed by atoms with E-state index >= 15 is 0 Å². The molecule has 0 saturated carbocycles. The first-order valence-corrected chi connectivity index (χ1v) is 5.82. The molecule has 0 aliphatic heterocycles. The van der Waals surface area contributed by atoms with Gasteiger partial charge < -0.3 is 10.5 Å². The third-order valence-electron chi connectivity index (χ3n) is 1.97. The summed E-state index contributed by atoms with van der Waals surface area (Å²) >= 11 is 0. The van der Waals surface area contributed by atoms with Gasteiger partial charge >= 0.3 is 0 Å². The second-order valence-corrected chi connectivity index (χ2v) is 4.85. The minimum Gasteiger partial charge on any atom is -0.386 e. The zero-order chi connectivity index (χ0) is 12.1. The summed E-state index contributed by atoms with van der Waals surface area (Å²) in [4.78, 5) is 0. The summed E-state index contributed by atoms with van der Waals surface area (Å²) in [5.41, 5.74) is 5.21. The summed E-state index contributed by atoms with van der Waals surface area (Å²) < 4.78 is 31.2. The smallest absolute Gasteiger partial charge is 0.279 e. The molecule has 0 aliphatic rings. The third-order valence-corrected chi connectivity index (χ3v) is 3.61. The van der Waals surface area contributed by atoms with Crippen LogP contribution in [-0.4, -0.2) is 51.9 Å². The Kier molecular flexibility index (Phi) is 5.73. The lowest BCUT2D eigenvalue weighted by Crippen LogP contribution is -2.48. The van der Waals surface area contributed by atoms with Crippen LogP contribution in [0.2, 0.25) is 0 Å². The van der Waals surface area contributed by atoms with Crippen LogP contribution in [0.15, 0.2) is 0 Å². The predicted octanol–water partition coefficient (Wildman–Crippen LogP) is -1.28. The fourth-order valence-electron chi connectivity index (χ4n) is 0.779. The number of amidine groups is 1. The normalized spacial score (nSPS) is 14.1. The van der Waals surface area contributed by atoms with Crippen molar-refractivity contribution in [2.24, 2.45) is 5.73 Å². The lowest BCUT2D eigenvalue weighted by molar-refractivity contribution is 0.204. The van der Waals surface area contributed by atoms with Crippen LogP contribution < -0.4 is 10.5 Å².